The number of benzene rings is 1. The van der Waals surface area contributed by atoms with Crippen LogP contribution in [0.25, 0.3) is 0 Å². The molecule has 0 unspecified atom stereocenters. The second-order valence-corrected chi connectivity index (χ2v) is 5.58. The number of ether oxygens (including phenoxy) is 1. The van der Waals surface area contributed by atoms with Gasteiger partial charge in [0, 0.05) is 5.54 Å². The third kappa shape index (κ3) is 4.93. The highest BCUT2D eigenvalue weighted by Gasteiger charge is 2.17. The molecular formula is C16H25NO2. The number of carbonyl (C=O) groups is 1. The normalized spacial score (nSPS) is 11.2. The largest absolute Gasteiger partial charge is 0.493 e. The Hall–Kier alpha value is -1.51. The number of carbonyl (C=O) groups excluding carboxylic acids is 1. The molecule has 0 fully saturated rings. The van der Waals surface area contributed by atoms with E-state index in [2.05, 4.69) is 25.2 Å². The lowest BCUT2D eigenvalue weighted by Crippen LogP contribution is -2.43. The monoisotopic (exact) mass is 263 g/mol. The van der Waals surface area contributed by atoms with Crippen LogP contribution in [0.2, 0.25) is 0 Å². The highest BCUT2D eigenvalue weighted by molar-refractivity contribution is 5.76. The molecular weight excluding hydrogens is 238 g/mol. The van der Waals surface area contributed by atoms with Crippen LogP contribution in [0.3, 0.4) is 0 Å². The molecule has 106 valence electrons. The molecule has 0 saturated heterocycles. The fraction of sp³-hybridized carbons (Fsp3) is 0.562. The van der Waals surface area contributed by atoms with Crippen LogP contribution in [-0.4, -0.2) is 18.1 Å². The van der Waals surface area contributed by atoms with Crippen molar-refractivity contribution in [3.05, 3.63) is 29.3 Å². The SMILES string of the molecule is CCC(C)(C)NC(=O)CCOc1cccc(C)c1C. The van der Waals surface area contributed by atoms with Crippen molar-refractivity contribution in [2.75, 3.05) is 6.61 Å². The summed E-state index contributed by atoms with van der Waals surface area (Å²) in [6.45, 7) is 10.6. The van der Waals surface area contributed by atoms with Gasteiger partial charge in [0.25, 0.3) is 0 Å². The van der Waals surface area contributed by atoms with Crippen LogP contribution in [0.5, 0.6) is 5.75 Å². The number of nitrogens with one attached hydrogen (secondary N) is 1. The van der Waals surface area contributed by atoms with Crippen molar-refractivity contribution in [2.45, 2.75) is 53.0 Å². The van der Waals surface area contributed by atoms with E-state index in [-0.39, 0.29) is 11.4 Å². The molecule has 1 N–H and O–H groups in total. The van der Waals surface area contributed by atoms with Crippen LogP contribution in [0.4, 0.5) is 0 Å². The van der Waals surface area contributed by atoms with Crippen LogP contribution >= 0.6 is 0 Å². The first-order chi connectivity index (χ1) is 8.85. The minimum absolute atomic E-state index is 0.0390. The Bertz CT molecular complexity index is 438. The molecule has 0 heterocycles. The van der Waals surface area contributed by atoms with Crippen LogP contribution < -0.4 is 10.1 Å². The first-order valence-corrected chi connectivity index (χ1v) is 6.86. The molecule has 0 aliphatic carbocycles. The fourth-order valence-corrected chi connectivity index (χ4v) is 1.66. The summed E-state index contributed by atoms with van der Waals surface area (Å²) in [5, 5.41) is 3.00. The molecule has 0 aliphatic heterocycles. The molecule has 0 aromatic heterocycles. The Morgan fingerprint density at radius 3 is 2.63 bits per heavy atom. The van der Waals surface area contributed by atoms with E-state index in [1.165, 1.54) is 5.56 Å². The Balaban J connectivity index is 2.42. The zero-order valence-electron chi connectivity index (χ0n) is 12.7. The summed E-state index contributed by atoms with van der Waals surface area (Å²) >= 11 is 0. The van der Waals surface area contributed by atoms with Gasteiger partial charge in [-0.3, -0.25) is 4.79 Å². The molecule has 19 heavy (non-hydrogen) atoms. The molecule has 1 aromatic rings. The van der Waals surface area contributed by atoms with E-state index in [1.807, 2.05) is 32.9 Å². The fourth-order valence-electron chi connectivity index (χ4n) is 1.66. The second-order valence-electron chi connectivity index (χ2n) is 5.58. The zero-order valence-corrected chi connectivity index (χ0v) is 12.7. The average molecular weight is 263 g/mol. The first-order valence-electron chi connectivity index (χ1n) is 6.86. The Labute approximate surface area is 116 Å². The number of hydrogen-bond acceptors (Lipinski definition) is 2. The van der Waals surface area contributed by atoms with Gasteiger partial charge in [-0.05, 0) is 51.3 Å². The maximum atomic E-state index is 11.8. The summed E-state index contributed by atoms with van der Waals surface area (Å²) < 4.78 is 5.68. The molecule has 0 bridgehead atoms. The van der Waals surface area contributed by atoms with Gasteiger partial charge in [-0.2, -0.15) is 0 Å². The highest BCUT2D eigenvalue weighted by atomic mass is 16.5. The minimum Gasteiger partial charge on any atom is -0.493 e. The first kappa shape index (κ1) is 15.5. The summed E-state index contributed by atoms with van der Waals surface area (Å²) in [4.78, 5) is 11.8. The predicted octanol–water partition coefficient (Wildman–Crippen LogP) is 3.38. The van der Waals surface area contributed by atoms with E-state index in [0.717, 1.165) is 17.7 Å². The van der Waals surface area contributed by atoms with Crippen LogP contribution in [-0.2, 0) is 4.79 Å². The number of hydrogen-bond donors (Lipinski definition) is 1. The molecule has 0 spiro atoms. The van der Waals surface area contributed by atoms with Gasteiger partial charge in [-0.25, -0.2) is 0 Å². The standard InChI is InChI=1S/C16H25NO2/c1-6-16(4,5)17-15(18)10-11-19-14-9-7-8-12(2)13(14)3/h7-9H,6,10-11H2,1-5H3,(H,17,18). The summed E-state index contributed by atoms with van der Waals surface area (Å²) in [7, 11) is 0. The van der Waals surface area contributed by atoms with Gasteiger partial charge in [-0.15, -0.1) is 0 Å². The second kappa shape index (κ2) is 6.60. The third-order valence-corrected chi connectivity index (χ3v) is 3.50. The summed E-state index contributed by atoms with van der Waals surface area (Å²) in [6, 6.07) is 5.97. The average Bonchev–Trinajstić information content (AvgIpc) is 2.34. The van der Waals surface area contributed by atoms with Crippen molar-refractivity contribution in [1.29, 1.82) is 0 Å². The molecule has 1 amide bonds. The molecule has 3 nitrogen and oxygen atoms in total. The Kier molecular flexibility index (Phi) is 5.40. The molecule has 3 heteroatoms. The quantitative estimate of drug-likeness (QED) is 0.854. The van der Waals surface area contributed by atoms with E-state index in [9.17, 15) is 4.79 Å². The van der Waals surface area contributed by atoms with Crippen LogP contribution in [0.1, 0.15) is 44.7 Å². The third-order valence-electron chi connectivity index (χ3n) is 3.50. The molecule has 0 atom stereocenters. The van der Waals surface area contributed by atoms with E-state index in [1.54, 1.807) is 0 Å². The number of amides is 1. The Morgan fingerprint density at radius 2 is 2.00 bits per heavy atom. The molecule has 0 saturated carbocycles. The lowest BCUT2D eigenvalue weighted by molar-refractivity contribution is -0.123. The van der Waals surface area contributed by atoms with E-state index in [0.29, 0.717) is 13.0 Å². The van der Waals surface area contributed by atoms with Gasteiger partial charge in [-0.1, -0.05) is 19.1 Å². The summed E-state index contributed by atoms with van der Waals surface area (Å²) in [5.41, 5.74) is 2.20. The van der Waals surface area contributed by atoms with E-state index < -0.39 is 0 Å². The smallest absolute Gasteiger partial charge is 0.223 e. The number of aryl methyl sites for hydroxylation is 1. The number of rotatable bonds is 6. The lowest BCUT2D eigenvalue weighted by Gasteiger charge is -2.24. The van der Waals surface area contributed by atoms with E-state index in [4.69, 9.17) is 4.74 Å². The van der Waals surface area contributed by atoms with Crippen molar-refractivity contribution >= 4 is 5.91 Å². The van der Waals surface area contributed by atoms with Crippen molar-refractivity contribution in [2.24, 2.45) is 0 Å². The van der Waals surface area contributed by atoms with Crippen molar-refractivity contribution < 1.29 is 9.53 Å². The Morgan fingerprint density at radius 1 is 1.32 bits per heavy atom. The summed E-state index contributed by atoms with van der Waals surface area (Å²) in [5.74, 6) is 0.903. The molecule has 1 rings (SSSR count). The van der Waals surface area contributed by atoms with Gasteiger partial charge in [0.2, 0.25) is 5.91 Å². The molecule has 1 aromatic carbocycles. The van der Waals surface area contributed by atoms with Crippen molar-refractivity contribution in [3.8, 4) is 5.75 Å². The summed E-state index contributed by atoms with van der Waals surface area (Å²) in [6.07, 6.45) is 1.30. The van der Waals surface area contributed by atoms with Gasteiger partial charge >= 0.3 is 0 Å². The highest BCUT2D eigenvalue weighted by Crippen LogP contribution is 2.20. The van der Waals surface area contributed by atoms with Gasteiger partial charge in [0.1, 0.15) is 5.75 Å². The van der Waals surface area contributed by atoms with Gasteiger partial charge in [0.15, 0.2) is 0 Å². The predicted molar refractivity (Wildman–Crippen MR) is 78.5 cm³/mol. The van der Waals surface area contributed by atoms with Crippen LogP contribution in [0.15, 0.2) is 18.2 Å². The topological polar surface area (TPSA) is 38.3 Å². The van der Waals surface area contributed by atoms with Gasteiger partial charge < -0.3 is 10.1 Å². The minimum atomic E-state index is -0.143. The maximum absolute atomic E-state index is 11.8. The van der Waals surface area contributed by atoms with E-state index >= 15 is 0 Å². The zero-order chi connectivity index (χ0) is 14.5. The lowest BCUT2D eigenvalue weighted by atomic mass is 10.0. The van der Waals surface area contributed by atoms with Crippen molar-refractivity contribution in [3.63, 3.8) is 0 Å². The van der Waals surface area contributed by atoms with Crippen molar-refractivity contribution in [1.82, 2.24) is 5.32 Å². The maximum Gasteiger partial charge on any atom is 0.223 e. The van der Waals surface area contributed by atoms with Crippen LogP contribution in [0, 0.1) is 13.8 Å². The van der Waals surface area contributed by atoms with Gasteiger partial charge in [0.05, 0.1) is 13.0 Å². The molecule has 0 aliphatic rings. The molecule has 0 radical (unpaired) electrons.